The SMILES string of the molecule is CCCCCN1C(=O)C(=O)/C(=C(/O)c2cc(OC)c(Cl)cc2OC)C1c1cccnc1. The molecule has 3 rings (SSSR count). The quantitative estimate of drug-likeness (QED) is 0.281. The number of Topliss-reactive ketones (excluding diaryl/α,β-unsaturated/α-hetero) is 1. The third-order valence-electron chi connectivity index (χ3n) is 5.27. The molecule has 0 radical (unpaired) electrons. The van der Waals surface area contributed by atoms with Gasteiger partial charge in [-0.3, -0.25) is 14.6 Å². The summed E-state index contributed by atoms with van der Waals surface area (Å²) >= 11 is 6.17. The fourth-order valence-electron chi connectivity index (χ4n) is 3.72. The van der Waals surface area contributed by atoms with Gasteiger partial charge in [0.05, 0.1) is 36.4 Å². The summed E-state index contributed by atoms with van der Waals surface area (Å²) in [4.78, 5) is 31.6. The van der Waals surface area contributed by atoms with Gasteiger partial charge in [-0.1, -0.05) is 37.4 Å². The summed E-state index contributed by atoms with van der Waals surface area (Å²) in [5, 5.41) is 11.5. The van der Waals surface area contributed by atoms with E-state index in [1.807, 2.05) is 0 Å². The minimum Gasteiger partial charge on any atom is -0.507 e. The summed E-state index contributed by atoms with van der Waals surface area (Å²) in [6.45, 7) is 2.46. The molecule has 1 aromatic carbocycles. The van der Waals surface area contributed by atoms with Crippen LogP contribution in [0.15, 0.2) is 42.2 Å². The lowest BCUT2D eigenvalue weighted by Crippen LogP contribution is -2.30. The third kappa shape index (κ3) is 4.37. The maximum absolute atomic E-state index is 13.0. The summed E-state index contributed by atoms with van der Waals surface area (Å²) in [6, 6.07) is 5.74. The van der Waals surface area contributed by atoms with Crippen LogP contribution < -0.4 is 9.47 Å². The van der Waals surface area contributed by atoms with Crippen LogP contribution in [0.2, 0.25) is 5.02 Å². The molecule has 0 saturated carbocycles. The van der Waals surface area contributed by atoms with Gasteiger partial charge in [0.25, 0.3) is 11.7 Å². The van der Waals surface area contributed by atoms with Crippen LogP contribution in [-0.4, -0.2) is 47.4 Å². The van der Waals surface area contributed by atoms with Crippen molar-refractivity contribution in [1.29, 1.82) is 0 Å². The van der Waals surface area contributed by atoms with Crippen LogP contribution in [0.1, 0.15) is 43.4 Å². The number of aliphatic hydroxyl groups excluding tert-OH is 1. The number of aliphatic hydroxyl groups is 1. The molecule has 1 aromatic heterocycles. The van der Waals surface area contributed by atoms with Gasteiger partial charge in [-0.15, -0.1) is 0 Å². The summed E-state index contributed by atoms with van der Waals surface area (Å²) in [7, 11) is 2.87. The smallest absolute Gasteiger partial charge is 0.295 e. The van der Waals surface area contributed by atoms with E-state index >= 15 is 0 Å². The van der Waals surface area contributed by atoms with Crippen LogP contribution in [0, 0.1) is 0 Å². The number of carbonyl (C=O) groups excluding carboxylic acids is 2. The van der Waals surface area contributed by atoms with Gasteiger partial charge in [-0.2, -0.15) is 0 Å². The lowest BCUT2D eigenvalue weighted by Gasteiger charge is -2.25. The number of halogens is 1. The van der Waals surface area contributed by atoms with Crippen LogP contribution in [0.25, 0.3) is 5.76 Å². The predicted octanol–water partition coefficient (Wildman–Crippen LogP) is 4.36. The average Bonchev–Trinajstić information content (AvgIpc) is 3.04. The highest BCUT2D eigenvalue weighted by Gasteiger charge is 2.46. The van der Waals surface area contributed by atoms with Crippen molar-refractivity contribution in [3.05, 3.63) is 58.4 Å². The second kappa shape index (κ2) is 9.83. The molecular formula is C23H25ClN2O5. The molecule has 164 valence electrons. The van der Waals surface area contributed by atoms with E-state index in [4.69, 9.17) is 21.1 Å². The molecule has 0 spiro atoms. The van der Waals surface area contributed by atoms with Crippen molar-refractivity contribution in [3.8, 4) is 11.5 Å². The number of aromatic nitrogens is 1. The molecule has 31 heavy (non-hydrogen) atoms. The number of likely N-dealkylation sites (tertiary alicyclic amines) is 1. The van der Waals surface area contributed by atoms with E-state index in [0.717, 1.165) is 19.3 Å². The van der Waals surface area contributed by atoms with Gasteiger partial charge in [0, 0.05) is 25.0 Å². The number of hydrogen-bond donors (Lipinski definition) is 1. The first-order valence-electron chi connectivity index (χ1n) is 10.0. The molecule has 1 amide bonds. The zero-order valence-electron chi connectivity index (χ0n) is 17.7. The van der Waals surface area contributed by atoms with Gasteiger partial charge < -0.3 is 19.5 Å². The van der Waals surface area contributed by atoms with Crippen LogP contribution >= 0.6 is 11.6 Å². The molecule has 0 aliphatic carbocycles. The Bertz CT molecular complexity index is 1010. The number of rotatable bonds is 8. The fourth-order valence-corrected chi connectivity index (χ4v) is 3.95. The third-order valence-corrected chi connectivity index (χ3v) is 5.57. The van der Waals surface area contributed by atoms with Gasteiger partial charge in [0.15, 0.2) is 0 Å². The molecule has 1 fully saturated rings. The molecule has 8 heteroatoms. The Morgan fingerprint density at radius 1 is 1.19 bits per heavy atom. The number of methoxy groups -OCH3 is 2. The van der Waals surface area contributed by atoms with Crippen molar-refractivity contribution >= 4 is 29.1 Å². The molecule has 1 aliphatic heterocycles. The van der Waals surface area contributed by atoms with Gasteiger partial charge in [-0.25, -0.2) is 0 Å². The van der Waals surface area contributed by atoms with Crippen molar-refractivity contribution in [2.24, 2.45) is 0 Å². The topological polar surface area (TPSA) is 89.0 Å². The molecule has 1 unspecified atom stereocenters. The lowest BCUT2D eigenvalue weighted by atomic mass is 9.95. The predicted molar refractivity (Wildman–Crippen MR) is 117 cm³/mol. The van der Waals surface area contributed by atoms with E-state index in [9.17, 15) is 14.7 Å². The number of hydrogen-bond acceptors (Lipinski definition) is 6. The summed E-state index contributed by atoms with van der Waals surface area (Å²) < 4.78 is 10.6. The highest BCUT2D eigenvalue weighted by molar-refractivity contribution is 6.46. The molecule has 1 N–H and O–H groups in total. The highest BCUT2D eigenvalue weighted by Crippen LogP contribution is 2.42. The van der Waals surface area contributed by atoms with Crippen molar-refractivity contribution in [2.45, 2.75) is 32.2 Å². The Balaban J connectivity index is 2.20. The molecule has 0 bridgehead atoms. The summed E-state index contributed by atoms with van der Waals surface area (Å²) in [6.07, 6.45) is 5.85. The molecule has 2 heterocycles. The first kappa shape index (κ1) is 22.6. The second-order valence-electron chi connectivity index (χ2n) is 7.17. The molecule has 1 atom stereocenters. The van der Waals surface area contributed by atoms with E-state index in [0.29, 0.717) is 22.9 Å². The number of nitrogens with zero attached hydrogens (tertiary/aromatic N) is 2. The van der Waals surface area contributed by atoms with E-state index in [1.165, 1.54) is 31.3 Å². The van der Waals surface area contributed by atoms with Gasteiger partial charge in [0.2, 0.25) is 0 Å². The number of unbranched alkanes of at least 4 members (excludes halogenated alkanes) is 2. The van der Waals surface area contributed by atoms with Gasteiger partial charge >= 0.3 is 0 Å². The van der Waals surface area contributed by atoms with Crippen LogP contribution in [0.4, 0.5) is 0 Å². The molecule has 2 aromatic rings. The standard InChI is InChI=1S/C23H25ClN2O5/c1-4-5-6-10-26-20(14-8-7-9-25-13-14)19(22(28)23(26)29)21(27)15-11-18(31-3)16(24)12-17(15)30-2/h7-9,11-13,20,27H,4-6,10H2,1-3H3/b21-19+. The Kier molecular flexibility index (Phi) is 7.17. The first-order valence-corrected chi connectivity index (χ1v) is 10.4. The Morgan fingerprint density at radius 2 is 1.94 bits per heavy atom. The summed E-state index contributed by atoms with van der Waals surface area (Å²) in [5.41, 5.74) is 0.834. The minimum atomic E-state index is -0.753. The molecular weight excluding hydrogens is 420 g/mol. The molecule has 1 aliphatic rings. The molecule has 1 saturated heterocycles. The zero-order valence-corrected chi connectivity index (χ0v) is 18.5. The highest BCUT2D eigenvalue weighted by atomic mass is 35.5. The van der Waals surface area contributed by atoms with Gasteiger partial charge in [-0.05, 0) is 24.1 Å². The van der Waals surface area contributed by atoms with Crippen LogP contribution in [0.5, 0.6) is 11.5 Å². The first-order chi connectivity index (χ1) is 14.9. The Hall–Kier alpha value is -3.06. The van der Waals surface area contributed by atoms with Crippen molar-refractivity contribution < 1.29 is 24.2 Å². The number of pyridine rings is 1. The van der Waals surface area contributed by atoms with Crippen LogP contribution in [0.3, 0.4) is 0 Å². The maximum Gasteiger partial charge on any atom is 0.295 e. The Morgan fingerprint density at radius 3 is 2.55 bits per heavy atom. The largest absolute Gasteiger partial charge is 0.507 e. The van der Waals surface area contributed by atoms with Crippen molar-refractivity contribution in [1.82, 2.24) is 9.88 Å². The summed E-state index contributed by atoms with van der Waals surface area (Å²) in [5.74, 6) is -1.19. The van der Waals surface area contributed by atoms with Crippen molar-refractivity contribution in [3.63, 3.8) is 0 Å². The molecule has 7 nitrogen and oxygen atoms in total. The van der Waals surface area contributed by atoms with Gasteiger partial charge in [0.1, 0.15) is 17.3 Å². The normalized spacial score (nSPS) is 17.8. The monoisotopic (exact) mass is 444 g/mol. The number of amides is 1. The van der Waals surface area contributed by atoms with E-state index < -0.39 is 17.7 Å². The van der Waals surface area contributed by atoms with Crippen molar-refractivity contribution in [2.75, 3.05) is 20.8 Å². The lowest BCUT2D eigenvalue weighted by molar-refractivity contribution is -0.139. The number of carbonyl (C=O) groups is 2. The number of ketones is 1. The average molecular weight is 445 g/mol. The van der Waals surface area contributed by atoms with E-state index in [1.54, 1.807) is 24.5 Å². The minimum absolute atomic E-state index is 0.0165. The Labute approximate surface area is 186 Å². The second-order valence-corrected chi connectivity index (χ2v) is 7.58. The number of ether oxygens (including phenoxy) is 2. The fraction of sp³-hybridized carbons (Fsp3) is 0.348. The maximum atomic E-state index is 13.0. The van der Waals surface area contributed by atoms with E-state index in [-0.39, 0.29) is 22.6 Å². The number of benzene rings is 1. The van der Waals surface area contributed by atoms with E-state index in [2.05, 4.69) is 11.9 Å². The van der Waals surface area contributed by atoms with Crippen LogP contribution in [-0.2, 0) is 9.59 Å². The zero-order chi connectivity index (χ0) is 22.5.